The fourth-order valence-corrected chi connectivity index (χ4v) is 2.07. The number of halogens is 4. The molecule has 0 amide bonds. The maximum atomic E-state index is 12.6. The second kappa shape index (κ2) is 8.14. The number of aromatic nitrogens is 3. The van der Waals surface area contributed by atoms with Crippen LogP contribution in [0.2, 0.25) is 5.02 Å². The van der Waals surface area contributed by atoms with E-state index in [0.29, 0.717) is 14.3 Å². The summed E-state index contributed by atoms with van der Waals surface area (Å²) in [6.45, 7) is -1.67. The summed E-state index contributed by atoms with van der Waals surface area (Å²) < 4.78 is 39.0. The minimum Gasteiger partial charge on any atom is -0.495 e. The first-order chi connectivity index (χ1) is 11.1. The standard InChI is InChI=1S/C13H12ClF3N4O3.Re/c14-8-3-1-7(2-4-8)11-19-21(6-10(18)23)12(24)20(11)5-9(22)13(15,16)17;/h1-4,9,22H,5-6H2,(H2,18,23);/t9-;/m0./s1. The predicted molar refractivity (Wildman–Crippen MR) is 79.4 cm³/mol. The number of nitrogens with zero attached hydrogens (tertiary/aromatic N) is 3. The molecule has 0 bridgehead atoms. The molecule has 0 aliphatic heterocycles. The molecule has 3 N–H and O–H groups in total. The van der Waals surface area contributed by atoms with Crippen LogP contribution in [0.25, 0.3) is 11.4 Å². The molecule has 1 atom stereocenters. The number of aliphatic hydroxyl groups is 2. The van der Waals surface area contributed by atoms with Gasteiger partial charge < -0.3 is 10.2 Å². The van der Waals surface area contributed by atoms with Crippen molar-refractivity contribution in [3.63, 3.8) is 0 Å². The Kier molecular flexibility index (Phi) is 6.96. The van der Waals surface area contributed by atoms with Crippen molar-refractivity contribution in [3.05, 3.63) is 39.8 Å². The van der Waals surface area contributed by atoms with Gasteiger partial charge in [0.2, 0.25) is 5.90 Å². The molecule has 2 rings (SSSR count). The summed E-state index contributed by atoms with van der Waals surface area (Å²) in [6, 6.07) is 5.79. The van der Waals surface area contributed by atoms with Crippen molar-refractivity contribution in [1.82, 2.24) is 14.3 Å². The van der Waals surface area contributed by atoms with Crippen molar-refractivity contribution in [3.8, 4) is 11.4 Å². The molecule has 0 fully saturated rings. The Hall–Kier alpha value is -1.67. The number of hydrogen-bond donors (Lipinski definition) is 3. The van der Waals surface area contributed by atoms with Crippen LogP contribution in [-0.2, 0) is 33.5 Å². The number of hydrogen-bond acceptors (Lipinski definition) is 4. The predicted octanol–water partition coefficient (Wildman–Crippen LogP) is 1.82. The van der Waals surface area contributed by atoms with Gasteiger partial charge in [0, 0.05) is 31.0 Å². The quantitative estimate of drug-likeness (QED) is 0.390. The third kappa shape index (κ3) is 5.15. The van der Waals surface area contributed by atoms with Crippen molar-refractivity contribution in [2.45, 2.75) is 25.4 Å². The Bertz CT molecular complexity index is 804. The second-order valence-electron chi connectivity index (χ2n) is 4.89. The van der Waals surface area contributed by atoms with Gasteiger partial charge in [-0.2, -0.15) is 13.2 Å². The SMILES string of the molecule is N=C(O)Cn1nc(-c2ccc(Cl)cc2)n(C[C@H](O)C(F)(F)F)c1=O.[Re]. The van der Waals surface area contributed by atoms with E-state index >= 15 is 0 Å². The van der Waals surface area contributed by atoms with Gasteiger partial charge in [0.15, 0.2) is 11.9 Å². The Balaban J connectivity index is 0.00000312. The first-order valence-corrected chi connectivity index (χ1v) is 6.92. The Morgan fingerprint density at radius 3 is 2.36 bits per heavy atom. The Morgan fingerprint density at radius 2 is 1.88 bits per heavy atom. The average molecular weight is 551 g/mol. The van der Waals surface area contributed by atoms with Gasteiger partial charge in [0.25, 0.3) is 0 Å². The molecule has 2 aromatic rings. The summed E-state index contributed by atoms with van der Waals surface area (Å²) in [4.78, 5) is 12.2. The molecule has 0 saturated carbocycles. The second-order valence-corrected chi connectivity index (χ2v) is 5.32. The minimum absolute atomic E-state index is 0. The first kappa shape index (κ1) is 21.4. The van der Waals surface area contributed by atoms with Crippen molar-refractivity contribution in [2.24, 2.45) is 0 Å². The molecule has 1 radical (unpaired) electrons. The fourth-order valence-electron chi connectivity index (χ4n) is 1.94. The van der Waals surface area contributed by atoms with Crippen LogP contribution < -0.4 is 5.69 Å². The molecule has 137 valence electrons. The van der Waals surface area contributed by atoms with E-state index < -0.39 is 37.0 Å². The number of benzene rings is 1. The molecule has 0 saturated heterocycles. The molecule has 1 heterocycles. The molecule has 0 aliphatic carbocycles. The number of aliphatic hydroxyl groups excluding tert-OH is 2. The summed E-state index contributed by atoms with van der Waals surface area (Å²) in [5, 5.41) is 29.4. The summed E-state index contributed by atoms with van der Waals surface area (Å²) in [7, 11) is 0. The van der Waals surface area contributed by atoms with Gasteiger partial charge in [0.05, 0.1) is 6.54 Å². The van der Waals surface area contributed by atoms with Crippen LogP contribution in [0.15, 0.2) is 29.1 Å². The summed E-state index contributed by atoms with van der Waals surface area (Å²) in [6.07, 6.45) is -7.69. The molecule has 1 aromatic heterocycles. The monoisotopic (exact) mass is 551 g/mol. The van der Waals surface area contributed by atoms with Gasteiger partial charge in [-0.15, -0.1) is 5.10 Å². The maximum Gasteiger partial charge on any atom is 0.416 e. The normalized spacial score (nSPS) is 12.5. The van der Waals surface area contributed by atoms with Crippen molar-refractivity contribution >= 4 is 17.5 Å². The first-order valence-electron chi connectivity index (χ1n) is 6.54. The van der Waals surface area contributed by atoms with Crippen LogP contribution in [0, 0.1) is 5.41 Å². The number of nitrogens with one attached hydrogen (secondary N) is 1. The summed E-state index contributed by atoms with van der Waals surface area (Å²) in [5.74, 6) is -1.04. The zero-order valence-electron chi connectivity index (χ0n) is 12.3. The number of rotatable bonds is 5. The molecular formula is C13H12ClF3N4O3Re. The van der Waals surface area contributed by atoms with Crippen LogP contribution >= 0.6 is 11.6 Å². The topological polar surface area (TPSA) is 104 Å². The van der Waals surface area contributed by atoms with E-state index in [4.69, 9.17) is 22.1 Å². The van der Waals surface area contributed by atoms with E-state index in [1.807, 2.05) is 0 Å². The van der Waals surface area contributed by atoms with E-state index in [-0.39, 0.29) is 31.8 Å². The maximum absolute atomic E-state index is 12.6. The van der Waals surface area contributed by atoms with Gasteiger partial charge in [-0.1, -0.05) is 11.6 Å². The van der Waals surface area contributed by atoms with Gasteiger partial charge in [-0.25, -0.2) is 9.48 Å². The largest absolute Gasteiger partial charge is 0.495 e. The summed E-state index contributed by atoms with van der Waals surface area (Å²) in [5.41, 5.74) is -0.712. The molecular weight excluding hydrogens is 539 g/mol. The van der Waals surface area contributed by atoms with Crippen LogP contribution in [-0.4, -0.2) is 42.7 Å². The molecule has 0 unspecified atom stereocenters. The molecule has 0 spiro atoms. The third-order valence-electron chi connectivity index (χ3n) is 3.06. The minimum atomic E-state index is -4.91. The molecule has 1 aromatic carbocycles. The van der Waals surface area contributed by atoms with E-state index in [1.165, 1.54) is 24.3 Å². The van der Waals surface area contributed by atoms with Gasteiger partial charge in [0.1, 0.15) is 6.54 Å². The van der Waals surface area contributed by atoms with Crippen LogP contribution in [0.1, 0.15) is 0 Å². The Labute approximate surface area is 157 Å². The van der Waals surface area contributed by atoms with Gasteiger partial charge >= 0.3 is 11.9 Å². The van der Waals surface area contributed by atoms with Crippen LogP contribution in [0.4, 0.5) is 13.2 Å². The molecule has 7 nitrogen and oxygen atoms in total. The Morgan fingerprint density at radius 1 is 1.32 bits per heavy atom. The van der Waals surface area contributed by atoms with E-state index in [9.17, 15) is 23.1 Å². The molecule has 12 heteroatoms. The number of alkyl halides is 3. The van der Waals surface area contributed by atoms with Crippen LogP contribution in [0.5, 0.6) is 0 Å². The van der Waals surface area contributed by atoms with Crippen LogP contribution in [0.3, 0.4) is 0 Å². The van der Waals surface area contributed by atoms with Crippen molar-refractivity contribution < 1.29 is 43.8 Å². The molecule has 0 aliphatic rings. The van der Waals surface area contributed by atoms with E-state index in [2.05, 4.69) is 5.10 Å². The van der Waals surface area contributed by atoms with E-state index in [0.717, 1.165) is 0 Å². The summed E-state index contributed by atoms with van der Waals surface area (Å²) >= 11 is 5.74. The molecule has 25 heavy (non-hydrogen) atoms. The third-order valence-corrected chi connectivity index (χ3v) is 3.31. The average Bonchev–Trinajstić information content (AvgIpc) is 2.76. The fraction of sp³-hybridized carbons (Fsp3) is 0.308. The zero-order valence-corrected chi connectivity index (χ0v) is 15.8. The van der Waals surface area contributed by atoms with Crippen molar-refractivity contribution in [2.75, 3.05) is 0 Å². The zero-order chi connectivity index (χ0) is 18.1. The van der Waals surface area contributed by atoms with Gasteiger partial charge in [-0.05, 0) is 24.3 Å². The van der Waals surface area contributed by atoms with Crippen molar-refractivity contribution in [1.29, 1.82) is 5.41 Å². The smallest absolute Gasteiger partial charge is 0.416 e. The van der Waals surface area contributed by atoms with E-state index in [1.54, 1.807) is 0 Å². The van der Waals surface area contributed by atoms with Gasteiger partial charge in [-0.3, -0.25) is 9.98 Å².